The van der Waals surface area contributed by atoms with Crippen LogP contribution in [0.5, 0.6) is 0 Å². The summed E-state index contributed by atoms with van der Waals surface area (Å²) in [6.45, 7) is 0. The van der Waals surface area contributed by atoms with Crippen LogP contribution in [0.4, 0.5) is 0 Å². The van der Waals surface area contributed by atoms with E-state index in [1.807, 2.05) is 42.5 Å². The van der Waals surface area contributed by atoms with E-state index in [-0.39, 0.29) is 0 Å². The van der Waals surface area contributed by atoms with E-state index >= 15 is 0 Å². The van der Waals surface area contributed by atoms with Crippen molar-refractivity contribution in [1.82, 2.24) is 0 Å². The molecule has 0 N–H and O–H groups in total. The highest BCUT2D eigenvalue weighted by atomic mass is 79.9. The molecule has 0 aliphatic carbocycles. The SMILES string of the molecule is BrCc1ccc(C#Cc2ccccc2)cc1. The first-order valence-corrected chi connectivity index (χ1v) is 6.22. The minimum absolute atomic E-state index is 0.888. The van der Waals surface area contributed by atoms with Crippen molar-refractivity contribution in [2.45, 2.75) is 5.33 Å². The average molecular weight is 271 g/mol. The number of hydrogen-bond donors (Lipinski definition) is 0. The van der Waals surface area contributed by atoms with Gasteiger partial charge in [0.05, 0.1) is 0 Å². The van der Waals surface area contributed by atoms with Gasteiger partial charge in [0.25, 0.3) is 0 Å². The molecule has 0 aliphatic heterocycles. The van der Waals surface area contributed by atoms with Crippen LogP contribution in [0.15, 0.2) is 54.6 Å². The third-order valence-corrected chi connectivity index (χ3v) is 2.88. The van der Waals surface area contributed by atoms with Gasteiger partial charge in [-0.25, -0.2) is 0 Å². The molecule has 0 aromatic heterocycles. The maximum atomic E-state index is 3.42. The first-order chi connectivity index (χ1) is 7.88. The van der Waals surface area contributed by atoms with E-state index in [4.69, 9.17) is 0 Å². The Balaban J connectivity index is 2.18. The lowest BCUT2D eigenvalue weighted by molar-refractivity contribution is 1.43. The molecule has 2 aromatic rings. The van der Waals surface area contributed by atoms with Gasteiger partial charge in [-0.15, -0.1) is 0 Å². The molecule has 0 saturated carbocycles. The van der Waals surface area contributed by atoms with Crippen LogP contribution in [0, 0.1) is 11.8 Å². The number of rotatable bonds is 1. The summed E-state index contributed by atoms with van der Waals surface area (Å²) in [6.07, 6.45) is 0. The summed E-state index contributed by atoms with van der Waals surface area (Å²) < 4.78 is 0. The first kappa shape index (κ1) is 11.0. The fraction of sp³-hybridized carbons (Fsp3) is 0.0667. The highest BCUT2D eigenvalue weighted by Gasteiger charge is 1.89. The highest BCUT2D eigenvalue weighted by molar-refractivity contribution is 9.08. The minimum atomic E-state index is 0.888. The Kier molecular flexibility index (Phi) is 3.80. The molecule has 0 bridgehead atoms. The van der Waals surface area contributed by atoms with Crippen LogP contribution in [-0.4, -0.2) is 0 Å². The molecule has 0 unspecified atom stereocenters. The van der Waals surface area contributed by atoms with Gasteiger partial charge in [-0.05, 0) is 29.8 Å². The van der Waals surface area contributed by atoms with E-state index in [0.717, 1.165) is 16.5 Å². The maximum absolute atomic E-state index is 3.42. The molecule has 0 aliphatic rings. The van der Waals surface area contributed by atoms with Gasteiger partial charge in [-0.1, -0.05) is 58.1 Å². The molecule has 0 heterocycles. The number of alkyl halides is 1. The van der Waals surface area contributed by atoms with E-state index < -0.39 is 0 Å². The van der Waals surface area contributed by atoms with Crippen LogP contribution in [0.2, 0.25) is 0 Å². The first-order valence-electron chi connectivity index (χ1n) is 5.10. The number of benzene rings is 2. The zero-order valence-electron chi connectivity index (χ0n) is 8.78. The largest absolute Gasteiger partial charge is 0.0876 e. The van der Waals surface area contributed by atoms with Crippen molar-refractivity contribution in [1.29, 1.82) is 0 Å². The predicted octanol–water partition coefficient (Wildman–Crippen LogP) is 3.98. The van der Waals surface area contributed by atoms with Gasteiger partial charge in [0, 0.05) is 16.5 Å². The van der Waals surface area contributed by atoms with Crippen LogP contribution in [-0.2, 0) is 5.33 Å². The Morgan fingerprint density at radius 3 is 1.88 bits per heavy atom. The van der Waals surface area contributed by atoms with Crippen molar-refractivity contribution in [3.05, 3.63) is 71.3 Å². The molecular weight excluding hydrogens is 260 g/mol. The lowest BCUT2D eigenvalue weighted by atomic mass is 10.1. The van der Waals surface area contributed by atoms with Crippen molar-refractivity contribution in [3.63, 3.8) is 0 Å². The Labute approximate surface area is 104 Å². The normalized spacial score (nSPS) is 9.31. The Hall–Kier alpha value is -1.52. The van der Waals surface area contributed by atoms with Gasteiger partial charge in [0.1, 0.15) is 0 Å². The van der Waals surface area contributed by atoms with Crippen molar-refractivity contribution < 1.29 is 0 Å². The van der Waals surface area contributed by atoms with Crippen LogP contribution in [0.3, 0.4) is 0 Å². The lowest BCUT2D eigenvalue weighted by Gasteiger charge is -1.94. The fourth-order valence-corrected chi connectivity index (χ4v) is 1.72. The fourth-order valence-electron chi connectivity index (χ4n) is 1.34. The molecule has 1 heteroatoms. The van der Waals surface area contributed by atoms with E-state index in [1.54, 1.807) is 0 Å². The van der Waals surface area contributed by atoms with Crippen LogP contribution >= 0.6 is 15.9 Å². The van der Waals surface area contributed by atoms with Crippen molar-refractivity contribution in [2.75, 3.05) is 0 Å². The molecule has 16 heavy (non-hydrogen) atoms. The smallest absolute Gasteiger partial charge is 0.0283 e. The summed E-state index contributed by atoms with van der Waals surface area (Å²) in [6, 6.07) is 18.3. The van der Waals surface area contributed by atoms with E-state index in [0.29, 0.717) is 0 Å². The predicted molar refractivity (Wildman–Crippen MR) is 71.5 cm³/mol. The molecule has 0 saturated heterocycles. The second kappa shape index (κ2) is 5.53. The molecule has 0 amide bonds. The third kappa shape index (κ3) is 2.98. The second-order valence-corrected chi connectivity index (χ2v) is 4.01. The number of hydrogen-bond acceptors (Lipinski definition) is 0. The summed E-state index contributed by atoms with van der Waals surface area (Å²) in [5, 5.41) is 0.888. The maximum Gasteiger partial charge on any atom is 0.0283 e. The third-order valence-electron chi connectivity index (χ3n) is 2.23. The molecule has 0 radical (unpaired) electrons. The molecule has 0 fully saturated rings. The highest BCUT2D eigenvalue weighted by Crippen LogP contribution is 2.07. The zero-order valence-corrected chi connectivity index (χ0v) is 10.4. The molecule has 0 nitrogen and oxygen atoms in total. The average Bonchev–Trinajstić information content (AvgIpc) is 2.38. The van der Waals surface area contributed by atoms with Crippen LogP contribution in [0.1, 0.15) is 16.7 Å². The van der Waals surface area contributed by atoms with Gasteiger partial charge in [0.2, 0.25) is 0 Å². The lowest BCUT2D eigenvalue weighted by Crippen LogP contribution is -1.78. The summed E-state index contributed by atoms with van der Waals surface area (Å²) in [5.74, 6) is 6.28. The molecule has 0 spiro atoms. The van der Waals surface area contributed by atoms with Gasteiger partial charge < -0.3 is 0 Å². The van der Waals surface area contributed by atoms with E-state index in [9.17, 15) is 0 Å². The second-order valence-electron chi connectivity index (χ2n) is 3.45. The monoisotopic (exact) mass is 270 g/mol. The summed E-state index contributed by atoms with van der Waals surface area (Å²) in [4.78, 5) is 0. The van der Waals surface area contributed by atoms with Gasteiger partial charge in [0.15, 0.2) is 0 Å². The van der Waals surface area contributed by atoms with Gasteiger partial charge in [-0.3, -0.25) is 0 Å². The molecule has 78 valence electrons. The topological polar surface area (TPSA) is 0 Å². The van der Waals surface area contributed by atoms with Crippen molar-refractivity contribution in [2.24, 2.45) is 0 Å². The van der Waals surface area contributed by atoms with Crippen molar-refractivity contribution in [3.8, 4) is 11.8 Å². The summed E-state index contributed by atoms with van der Waals surface area (Å²) in [5.41, 5.74) is 3.37. The van der Waals surface area contributed by atoms with Gasteiger partial charge in [-0.2, -0.15) is 0 Å². The minimum Gasteiger partial charge on any atom is -0.0876 e. The quantitative estimate of drug-likeness (QED) is 0.543. The standard InChI is InChI=1S/C15H11Br/c16-12-15-10-8-14(9-11-15)7-6-13-4-2-1-3-5-13/h1-5,8-11H,12H2. The molecule has 2 aromatic carbocycles. The summed E-state index contributed by atoms with van der Waals surface area (Å²) in [7, 11) is 0. The molecule has 0 atom stereocenters. The van der Waals surface area contributed by atoms with Crippen LogP contribution < -0.4 is 0 Å². The molecule has 2 rings (SSSR count). The zero-order chi connectivity index (χ0) is 11.2. The Morgan fingerprint density at radius 1 is 0.750 bits per heavy atom. The molecular formula is C15H11Br. The Bertz CT molecular complexity index is 501. The number of halogens is 1. The summed E-state index contributed by atoms with van der Waals surface area (Å²) >= 11 is 3.42. The van der Waals surface area contributed by atoms with Gasteiger partial charge >= 0.3 is 0 Å². The van der Waals surface area contributed by atoms with E-state index in [1.165, 1.54) is 5.56 Å². The Morgan fingerprint density at radius 2 is 1.31 bits per heavy atom. The van der Waals surface area contributed by atoms with Crippen LogP contribution in [0.25, 0.3) is 0 Å². The van der Waals surface area contributed by atoms with E-state index in [2.05, 4.69) is 39.9 Å². The van der Waals surface area contributed by atoms with Crippen molar-refractivity contribution >= 4 is 15.9 Å².